The second kappa shape index (κ2) is 8.01. The zero-order chi connectivity index (χ0) is 18.0. The summed E-state index contributed by atoms with van der Waals surface area (Å²) in [6.45, 7) is 12.5. The van der Waals surface area contributed by atoms with Gasteiger partial charge < -0.3 is 14.6 Å². The van der Waals surface area contributed by atoms with Crippen LogP contribution in [0.5, 0.6) is 0 Å². The molecule has 0 saturated heterocycles. The number of aliphatic hydroxyl groups is 1. The minimum absolute atomic E-state index is 0.0272. The molecule has 4 nitrogen and oxygen atoms in total. The number of ether oxygens (including phenoxy) is 2. The predicted octanol–water partition coefficient (Wildman–Crippen LogP) is 4.07. The van der Waals surface area contributed by atoms with Gasteiger partial charge in [0.1, 0.15) is 0 Å². The van der Waals surface area contributed by atoms with Crippen molar-refractivity contribution in [2.24, 2.45) is 23.7 Å². The van der Waals surface area contributed by atoms with Crippen LogP contribution in [-0.4, -0.2) is 29.6 Å². The average molecular weight is 338 g/mol. The van der Waals surface area contributed by atoms with Gasteiger partial charge >= 0.3 is 5.97 Å². The molecule has 1 aliphatic carbocycles. The van der Waals surface area contributed by atoms with Crippen molar-refractivity contribution < 1.29 is 19.4 Å². The van der Waals surface area contributed by atoms with E-state index >= 15 is 0 Å². The van der Waals surface area contributed by atoms with Gasteiger partial charge in [-0.25, -0.2) is 4.79 Å². The van der Waals surface area contributed by atoms with Gasteiger partial charge in [-0.1, -0.05) is 47.5 Å². The second-order valence-corrected chi connectivity index (χ2v) is 8.16. The molecule has 0 spiro atoms. The highest BCUT2D eigenvalue weighted by Crippen LogP contribution is 2.38. The standard InChI is InChI=1S/C20H34O4/c1-7-13(5)18(21)17-14(6)20(24-19(17)22)23-16-10-12(4)8-9-15(16)11(2)3/h11-13,15-16,18,20-21H,7-10H2,1-6H3/t12-,13+,15+,16-,18+,20-/m1/s1. The van der Waals surface area contributed by atoms with Crippen molar-refractivity contribution in [3.63, 3.8) is 0 Å². The molecule has 1 heterocycles. The zero-order valence-corrected chi connectivity index (χ0v) is 16.0. The average Bonchev–Trinajstić information content (AvgIpc) is 2.79. The summed E-state index contributed by atoms with van der Waals surface area (Å²) in [7, 11) is 0. The van der Waals surface area contributed by atoms with Crippen molar-refractivity contribution in [1.29, 1.82) is 0 Å². The van der Waals surface area contributed by atoms with E-state index in [1.807, 2.05) is 20.8 Å². The predicted molar refractivity (Wildman–Crippen MR) is 94.3 cm³/mol. The monoisotopic (exact) mass is 338 g/mol. The Morgan fingerprint density at radius 1 is 1.29 bits per heavy atom. The van der Waals surface area contributed by atoms with Crippen molar-refractivity contribution in [1.82, 2.24) is 0 Å². The molecule has 4 heteroatoms. The van der Waals surface area contributed by atoms with Crippen LogP contribution in [0.3, 0.4) is 0 Å². The van der Waals surface area contributed by atoms with Gasteiger partial charge in [-0.2, -0.15) is 0 Å². The molecule has 24 heavy (non-hydrogen) atoms. The van der Waals surface area contributed by atoms with Gasteiger partial charge in [-0.15, -0.1) is 0 Å². The number of cyclic esters (lactones) is 1. The summed E-state index contributed by atoms with van der Waals surface area (Å²) in [6, 6.07) is 0. The summed E-state index contributed by atoms with van der Waals surface area (Å²) in [4.78, 5) is 12.3. The van der Waals surface area contributed by atoms with E-state index in [1.165, 1.54) is 6.42 Å². The zero-order valence-electron chi connectivity index (χ0n) is 16.0. The number of carbonyl (C=O) groups excluding carboxylic acids is 1. The maximum atomic E-state index is 12.3. The fraction of sp³-hybridized carbons (Fsp3) is 0.850. The van der Waals surface area contributed by atoms with Crippen LogP contribution in [0.2, 0.25) is 0 Å². The van der Waals surface area contributed by atoms with Crippen LogP contribution in [0.15, 0.2) is 11.1 Å². The highest BCUT2D eigenvalue weighted by Gasteiger charge is 2.41. The van der Waals surface area contributed by atoms with E-state index in [1.54, 1.807) is 0 Å². The molecule has 0 aromatic carbocycles. The molecule has 1 aliphatic heterocycles. The van der Waals surface area contributed by atoms with Gasteiger partial charge in [-0.05, 0) is 43.4 Å². The molecule has 138 valence electrons. The van der Waals surface area contributed by atoms with Crippen LogP contribution in [0.4, 0.5) is 0 Å². The number of carbonyl (C=O) groups is 1. The van der Waals surface area contributed by atoms with Gasteiger partial charge in [0.15, 0.2) is 0 Å². The molecule has 1 fully saturated rings. The first-order chi connectivity index (χ1) is 11.3. The molecule has 2 aliphatic rings. The third-order valence-corrected chi connectivity index (χ3v) is 5.95. The summed E-state index contributed by atoms with van der Waals surface area (Å²) in [6.07, 6.45) is 2.92. The van der Waals surface area contributed by atoms with Gasteiger partial charge in [0.2, 0.25) is 6.29 Å². The first-order valence-electron chi connectivity index (χ1n) is 9.51. The Balaban J connectivity index is 2.14. The van der Waals surface area contributed by atoms with E-state index in [2.05, 4.69) is 20.8 Å². The van der Waals surface area contributed by atoms with Crippen molar-refractivity contribution in [3.05, 3.63) is 11.1 Å². The van der Waals surface area contributed by atoms with E-state index in [4.69, 9.17) is 9.47 Å². The van der Waals surface area contributed by atoms with E-state index in [0.29, 0.717) is 23.3 Å². The number of hydrogen-bond acceptors (Lipinski definition) is 4. The second-order valence-electron chi connectivity index (χ2n) is 8.16. The molecule has 1 saturated carbocycles. The summed E-state index contributed by atoms with van der Waals surface area (Å²) in [5.74, 6) is 1.29. The first kappa shape index (κ1) is 19.5. The maximum Gasteiger partial charge on any atom is 0.339 e. The van der Waals surface area contributed by atoms with E-state index in [0.717, 1.165) is 24.8 Å². The molecule has 0 radical (unpaired) electrons. The molecule has 0 unspecified atom stereocenters. The molecular weight excluding hydrogens is 304 g/mol. The van der Waals surface area contributed by atoms with Crippen molar-refractivity contribution >= 4 is 5.97 Å². The molecule has 0 bridgehead atoms. The Morgan fingerprint density at radius 3 is 2.54 bits per heavy atom. The lowest BCUT2D eigenvalue weighted by molar-refractivity contribution is -0.181. The highest BCUT2D eigenvalue weighted by molar-refractivity contribution is 5.93. The lowest BCUT2D eigenvalue weighted by Crippen LogP contribution is -2.37. The molecule has 0 aromatic heterocycles. The molecule has 0 amide bonds. The minimum atomic E-state index is -0.776. The summed E-state index contributed by atoms with van der Waals surface area (Å²) in [5.41, 5.74) is 1.15. The number of esters is 1. The SMILES string of the molecule is CC[C@H](C)[C@H](O)C1=C(C)[C@H](O[C@@H]2C[C@H](C)CC[C@H]2C(C)C)OC1=O. The first-order valence-corrected chi connectivity index (χ1v) is 9.51. The Kier molecular flexibility index (Phi) is 6.49. The van der Waals surface area contributed by atoms with Crippen molar-refractivity contribution in [2.45, 2.75) is 85.7 Å². The molecule has 2 rings (SSSR count). The summed E-state index contributed by atoms with van der Waals surface area (Å²) >= 11 is 0. The smallest absolute Gasteiger partial charge is 0.339 e. The van der Waals surface area contributed by atoms with Gasteiger partial charge in [0.05, 0.1) is 17.8 Å². The van der Waals surface area contributed by atoms with E-state index < -0.39 is 18.4 Å². The van der Waals surface area contributed by atoms with Gasteiger partial charge in [0.25, 0.3) is 0 Å². The number of rotatable bonds is 6. The molecule has 6 atom stereocenters. The van der Waals surface area contributed by atoms with Crippen LogP contribution < -0.4 is 0 Å². The summed E-state index contributed by atoms with van der Waals surface area (Å²) < 4.78 is 11.7. The highest BCUT2D eigenvalue weighted by atomic mass is 16.7. The van der Waals surface area contributed by atoms with E-state index in [-0.39, 0.29) is 12.0 Å². The normalized spacial score (nSPS) is 33.8. The molecule has 1 N–H and O–H groups in total. The lowest BCUT2D eigenvalue weighted by Gasteiger charge is -2.38. The number of hydrogen-bond donors (Lipinski definition) is 1. The van der Waals surface area contributed by atoms with Crippen LogP contribution in [0.1, 0.15) is 67.2 Å². The maximum absolute atomic E-state index is 12.3. The molecular formula is C20H34O4. The third kappa shape index (κ3) is 4.02. The molecule has 0 aromatic rings. The topological polar surface area (TPSA) is 55.8 Å². The van der Waals surface area contributed by atoms with Gasteiger partial charge in [-0.3, -0.25) is 0 Å². The van der Waals surface area contributed by atoms with Crippen LogP contribution >= 0.6 is 0 Å². The Labute approximate surface area is 146 Å². The van der Waals surface area contributed by atoms with Gasteiger partial charge in [0, 0.05) is 5.57 Å². The summed E-state index contributed by atoms with van der Waals surface area (Å²) in [5, 5.41) is 10.4. The van der Waals surface area contributed by atoms with Crippen molar-refractivity contribution in [2.75, 3.05) is 0 Å². The quantitative estimate of drug-likeness (QED) is 0.742. The lowest BCUT2D eigenvalue weighted by atomic mass is 9.75. The number of aliphatic hydroxyl groups excluding tert-OH is 1. The van der Waals surface area contributed by atoms with Crippen LogP contribution in [-0.2, 0) is 14.3 Å². The fourth-order valence-electron chi connectivity index (χ4n) is 3.96. The van der Waals surface area contributed by atoms with Crippen LogP contribution in [0.25, 0.3) is 0 Å². The van der Waals surface area contributed by atoms with Crippen molar-refractivity contribution in [3.8, 4) is 0 Å². The largest absolute Gasteiger partial charge is 0.428 e. The Hall–Kier alpha value is -0.870. The Morgan fingerprint density at radius 2 is 1.96 bits per heavy atom. The van der Waals surface area contributed by atoms with E-state index in [9.17, 15) is 9.90 Å². The fourth-order valence-corrected chi connectivity index (χ4v) is 3.96. The third-order valence-electron chi connectivity index (χ3n) is 5.95. The Bertz CT molecular complexity index is 482. The minimum Gasteiger partial charge on any atom is -0.428 e. The van der Waals surface area contributed by atoms with Crippen LogP contribution in [0, 0.1) is 23.7 Å².